The van der Waals surface area contributed by atoms with Crippen molar-refractivity contribution >= 4 is 15.9 Å². The number of rotatable bonds is 9. The maximum absolute atomic E-state index is 12.6. The number of imidazole rings is 1. The third-order valence-corrected chi connectivity index (χ3v) is 7.68. The Morgan fingerprint density at radius 1 is 0.974 bits per heavy atom. The minimum absolute atomic E-state index is 0.188. The molecule has 0 unspecified atom stereocenters. The predicted octanol–water partition coefficient (Wildman–Crippen LogP) is 4.22. The third kappa shape index (κ3) is 6.48. The second-order valence-corrected chi connectivity index (χ2v) is 11.6. The van der Waals surface area contributed by atoms with E-state index in [1.165, 1.54) is 22.7 Å². The molecule has 0 saturated carbocycles. The van der Waals surface area contributed by atoms with Gasteiger partial charge in [-0.25, -0.2) is 18.2 Å². The molecular formula is C29H30N4O4S. The van der Waals surface area contributed by atoms with Crippen LogP contribution >= 0.6 is 0 Å². The lowest BCUT2D eigenvalue weighted by Gasteiger charge is -2.39. The van der Waals surface area contributed by atoms with Gasteiger partial charge in [-0.2, -0.15) is 0 Å². The van der Waals surface area contributed by atoms with Gasteiger partial charge in [-0.15, -0.1) is 0 Å². The molecular weight excluding hydrogens is 500 g/mol. The van der Waals surface area contributed by atoms with Crippen molar-refractivity contribution in [1.29, 1.82) is 0 Å². The first kappa shape index (κ1) is 25.7. The Kier molecular flexibility index (Phi) is 7.57. The third-order valence-electron chi connectivity index (χ3n) is 6.55. The molecule has 1 aromatic heterocycles. The molecule has 5 rings (SSSR count). The van der Waals surface area contributed by atoms with E-state index in [2.05, 4.69) is 39.5 Å². The van der Waals surface area contributed by atoms with Gasteiger partial charge in [0, 0.05) is 50.1 Å². The van der Waals surface area contributed by atoms with E-state index in [0.717, 1.165) is 30.8 Å². The van der Waals surface area contributed by atoms with Gasteiger partial charge >= 0.3 is 6.03 Å². The van der Waals surface area contributed by atoms with Crippen LogP contribution in [0.25, 0.3) is 11.3 Å². The summed E-state index contributed by atoms with van der Waals surface area (Å²) in [5, 5.41) is 3.01. The molecule has 9 heteroatoms. The number of likely N-dealkylation sites (tertiary alicyclic amines) is 1. The lowest BCUT2D eigenvalue weighted by molar-refractivity contribution is 0.0931. The van der Waals surface area contributed by atoms with Crippen molar-refractivity contribution in [3.05, 3.63) is 103 Å². The van der Waals surface area contributed by atoms with Gasteiger partial charge in [-0.3, -0.25) is 9.47 Å². The van der Waals surface area contributed by atoms with E-state index in [4.69, 9.17) is 4.74 Å². The molecule has 2 heterocycles. The number of aromatic nitrogens is 2. The zero-order valence-corrected chi connectivity index (χ0v) is 22.0. The number of amides is 1. The molecule has 0 atom stereocenters. The van der Waals surface area contributed by atoms with Gasteiger partial charge in [-0.05, 0) is 47.5 Å². The van der Waals surface area contributed by atoms with E-state index in [0.29, 0.717) is 30.5 Å². The fraction of sp³-hybridized carbons (Fsp3) is 0.241. The average molecular weight is 531 g/mol. The number of sulfone groups is 1. The van der Waals surface area contributed by atoms with Gasteiger partial charge in [-0.1, -0.05) is 42.5 Å². The summed E-state index contributed by atoms with van der Waals surface area (Å²) >= 11 is 0. The Balaban J connectivity index is 1.07. The topological polar surface area (TPSA) is 93.5 Å². The van der Waals surface area contributed by atoms with Crippen molar-refractivity contribution in [3.63, 3.8) is 0 Å². The van der Waals surface area contributed by atoms with E-state index >= 15 is 0 Å². The maximum atomic E-state index is 12.6. The average Bonchev–Trinajstić information content (AvgIpc) is 3.40. The monoisotopic (exact) mass is 530 g/mol. The normalized spacial score (nSPS) is 14.1. The molecule has 1 aliphatic heterocycles. The summed E-state index contributed by atoms with van der Waals surface area (Å²) in [6, 6.07) is 24.3. The fourth-order valence-corrected chi connectivity index (χ4v) is 5.03. The van der Waals surface area contributed by atoms with Crippen molar-refractivity contribution in [2.24, 2.45) is 5.92 Å². The van der Waals surface area contributed by atoms with Crippen LogP contribution in [-0.4, -0.2) is 54.8 Å². The van der Waals surface area contributed by atoms with Gasteiger partial charge < -0.3 is 10.1 Å². The quantitative estimate of drug-likeness (QED) is 0.348. The number of ether oxygens (including phenoxy) is 1. The summed E-state index contributed by atoms with van der Waals surface area (Å²) in [7, 11) is -3.21. The second kappa shape index (κ2) is 11.2. The van der Waals surface area contributed by atoms with E-state index in [-0.39, 0.29) is 10.9 Å². The summed E-state index contributed by atoms with van der Waals surface area (Å²) in [6.45, 7) is 3.86. The molecule has 4 aromatic rings. The lowest BCUT2D eigenvalue weighted by Crippen LogP contribution is -2.51. The molecule has 38 heavy (non-hydrogen) atoms. The molecule has 1 N–H and O–H groups in total. The van der Waals surface area contributed by atoms with Crippen molar-refractivity contribution in [2.45, 2.75) is 18.0 Å². The first-order chi connectivity index (χ1) is 18.3. The molecule has 0 spiro atoms. The summed E-state index contributed by atoms with van der Waals surface area (Å²) < 4.78 is 30.5. The van der Waals surface area contributed by atoms with Gasteiger partial charge in [0.2, 0.25) is 0 Å². The number of carbonyl (C=O) groups is 1. The minimum atomic E-state index is -3.21. The summed E-state index contributed by atoms with van der Waals surface area (Å²) in [5.41, 5.74) is 3.75. The zero-order valence-electron chi connectivity index (χ0n) is 21.2. The second-order valence-electron chi connectivity index (χ2n) is 9.63. The molecule has 1 fully saturated rings. The number of hydrogen-bond donors (Lipinski definition) is 1. The van der Waals surface area contributed by atoms with E-state index < -0.39 is 9.84 Å². The molecule has 0 radical (unpaired) electrons. The van der Waals surface area contributed by atoms with Crippen molar-refractivity contribution in [1.82, 2.24) is 19.8 Å². The van der Waals surface area contributed by atoms with Crippen LogP contribution in [0, 0.1) is 5.92 Å². The number of hydrogen-bond acceptors (Lipinski definition) is 6. The van der Waals surface area contributed by atoms with Crippen LogP contribution in [0.5, 0.6) is 5.75 Å². The van der Waals surface area contributed by atoms with E-state index in [9.17, 15) is 13.2 Å². The van der Waals surface area contributed by atoms with Crippen molar-refractivity contribution < 1.29 is 17.9 Å². The predicted molar refractivity (Wildman–Crippen MR) is 146 cm³/mol. The number of carbonyl (C=O) groups excluding carboxylic acids is 1. The maximum Gasteiger partial charge on any atom is 0.326 e. The van der Waals surface area contributed by atoms with Crippen LogP contribution in [0.2, 0.25) is 0 Å². The highest BCUT2D eigenvalue weighted by Gasteiger charge is 2.26. The van der Waals surface area contributed by atoms with Gasteiger partial charge in [0.05, 0.1) is 10.6 Å². The van der Waals surface area contributed by atoms with Crippen molar-refractivity contribution in [2.75, 3.05) is 25.9 Å². The van der Waals surface area contributed by atoms with Gasteiger partial charge in [0.15, 0.2) is 9.84 Å². The molecule has 1 aliphatic rings. The minimum Gasteiger partial charge on any atom is -0.489 e. The van der Waals surface area contributed by atoms with Gasteiger partial charge in [0.25, 0.3) is 0 Å². The van der Waals surface area contributed by atoms with Crippen LogP contribution in [0.3, 0.4) is 0 Å². The molecule has 196 valence electrons. The Bertz CT molecular complexity index is 1480. The van der Waals surface area contributed by atoms with E-state index in [1.807, 2.05) is 30.3 Å². The molecule has 0 bridgehead atoms. The van der Waals surface area contributed by atoms with Crippen LogP contribution in [0.4, 0.5) is 4.79 Å². The van der Waals surface area contributed by atoms with E-state index in [1.54, 1.807) is 30.5 Å². The van der Waals surface area contributed by atoms with Crippen LogP contribution < -0.4 is 10.1 Å². The molecule has 1 amide bonds. The smallest absolute Gasteiger partial charge is 0.326 e. The number of nitrogens with zero attached hydrogens (tertiary/aromatic N) is 3. The fourth-order valence-electron chi connectivity index (χ4n) is 4.40. The Morgan fingerprint density at radius 3 is 2.37 bits per heavy atom. The molecule has 0 aliphatic carbocycles. The molecule has 1 saturated heterocycles. The molecule has 8 nitrogen and oxygen atoms in total. The summed E-state index contributed by atoms with van der Waals surface area (Å²) in [4.78, 5) is 19.6. The molecule has 3 aromatic carbocycles. The standard InChI is InChI=1S/C29H30N4O4S/c1-38(35,36)27-13-7-23(8-14-27)20-37-26-11-9-25(10-12-26)28-19-33(21-31-28)29(34)30-15-24-17-32(18-24)16-22-5-3-2-4-6-22/h2-14,19,21,24H,15-18,20H2,1H3,(H,30,34). The van der Waals surface area contributed by atoms with Crippen molar-refractivity contribution in [3.8, 4) is 17.0 Å². The Labute approximate surface area is 222 Å². The van der Waals surface area contributed by atoms with Gasteiger partial charge in [0.1, 0.15) is 18.7 Å². The largest absolute Gasteiger partial charge is 0.489 e. The Morgan fingerprint density at radius 2 is 1.68 bits per heavy atom. The number of benzene rings is 3. The van der Waals surface area contributed by atoms with Crippen LogP contribution in [0.15, 0.2) is 96.3 Å². The highest BCUT2D eigenvalue weighted by Crippen LogP contribution is 2.22. The van der Waals surface area contributed by atoms with Crippen LogP contribution in [-0.2, 0) is 23.0 Å². The number of nitrogens with one attached hydrogen (secondary N) is 1. The highest BCUT2D eigenvalue weighted by molar-refractivity contribution is 7.90. The van der Waals surface area contributed by atoms with Crippen LogP contribution in [0.1, 0.15) is 11.1 Å². The summed E-state index contributed by atoms with van der Waals surface area (Å²) in [5.74, 6) is 1.13. The first-order valence-electron chi connectivity index (χ1n) is 12.4. The SMILES string of the molecule is CS(=O)(=O)c1ccc(COc2ccc(-c3cn(C(=O)NCC4CN(Cc5ccccc5)C4)cn3)cc2)cc1. The zero-order chi connectivity index (χ0) is 26.5. The first-order valence-corrected chi connectivity index (χ1v) is 14.3. The summed E-state index contributed by atoms with van der Waals surface area (Å²) in [6.07, 6.45) is 4.43. The lowest BCUT2D eigenvalue weighted by atomic mass is 9.99. The highest BCUT2D eigenvalue weighted by atomic mass is 32.2. The Hall–Kier alpha value is -3.95.